The average molecular weight is 257 g/mol. The van der Waals surface area contributed by atoms with Crippen molar-refractivity contribution in [2.75, 3.05) is 6.54 Å². The lowest BCUT2D eigenvalue weighted by molar-refractivity contribution is 0.442. The third-order valence-corrected chi connectivity index (χ3v) is 4.42. The van der Waals surface area contributed by atoms with Gasteiger partial charge in [-0.15, -0.1) is 0 Å². The molecular weight excluding hydrogens is 230 g/mol. The minimum absolute atomic E-state index is 0.675. The molecular formula is C18H27N. The third-order valence-electron chi connectivity index (χ3n) is 4.42. The van der Waals surface area contributed by atoms with Gasteiger partial charge in [-0.3, -0.25) is 0 Å². The van der Waals surface area contributed by atoms with Crippen LogP contribution in [0.1, 0.15) is 39.5 Å². The van der Waals surface area contributed by atoms with Crippen molar-refractivity contribution < 1.29 is 0 Å². The molecule has 0 aliphatic heterocycles. The Labute approximate surface area is 118 Å². The van der Waals surface area contributed by atoms with Crippen LogP contribution in [0.4, 0.5) is 0 Å². The Morgan fingerprint density at radius 3 is 2.74 bits per heavy atom. The second kappa shape index (κ2) is 6.27. The molecule has 1 saturated carbocycles. The molecule has 2 aliphatic carbocycles. The Hall–Kier alpha value is -1.24. The predicted molar refractivity (Wildman–Crippen MR) is 83.6 cm³/mol. The molecule has 1 fully saturated rings. The summed E-state index contributed by atoms with van der Waals surface area (Å²) in [4.78, 5) is 2.20. The SMILES string of the molecule is C=CN(C/C=C\C1CCC(C)=CC1C)C(=C)C1CC1. The fraction of sp³-hybridized carbons (Fsp3) is 0.556. The molecule has 0 heterocycles. The Morgan fingerprint density at radius 1 is 1.42 bits per heavy atom. The first-order chi connectivity index (χ1) is 9.11. The highest BCUT2D eigenvalue weighted by atomic mass is 15.1. The van der Waals surface area contributed by atoms with Crippen LogP contribution in [-0.2, 0) is 0 Å². The van der Waals surface area contributed by atoms with E-state index in [9.17, 15) is 0 Å². The summed E-state index contributed by atoms with van der Waals surface area (Å²) in [6.07, 6.45) is 14.2. The molecule has 0 aromatic rings. The molecule has 104 valence electrons. The summed E-state index contributed by atoms with van der Waals surface area (Å²) in [5.41, 5.74) is 2.79. The lowest BCUT2D eigenvalue weighted by Crippen LogP contribution is -2.18. The van der Waals surface area contributed by atoms with E-state index in [4.69, 9.17) is 0 Å². The van der Waals surface area contributed by atoms with Crippen molar-refractivity contribution >= 4 is 0 Å². The maximum Gasteiger partial charge on any atom is 0.0402 e. The smallest absolute Gasteiger partial charge is 0.0402 e. The first-order valence-corrected chi connectivity index (χ1v) is 7.53. The van der Waals surface area contributed by atoms with E-state index in [-0.39, 0.29) is 0 Å². The molecule has 2 unspecified atom stereocenters. The second-order valence-electron chi connectivity index (χ2n) is 6.10. The van der Waals surface area contributed by atoms with E-state index in [1.807, 2.05) is 6.20 Å². The molecule has 0 spiro atoms. The van der Waals surface area contributed by atoms with Gasteiger partial charge in [0.2, 0.25) is 0 Å². The molecule has 0 aromatic heterocycles. The molecule has 0 radical (unpaired) electrons. The van der Waals surface area contributed by atoms with Crippen molar-refractivity contribution in [2.24, 2.45) is 17.8 Å². The minimum Gasteiger partial charge on any atom is -0.349 e. The molecule has 0 saturated heterocycles. The summed E-state index contributed by atoms with van der Waals surface area (Å²) in [6.45, 7) is 13.6. The molecule has 2 aliphatic rings. The largest absolute Gasteiger partial charge is 0.349 e. The highest BCUT2D eigenvalue weighted by Gasteiger charge is 2.26. The van der Waals surface area contributed by atoms with Gasteiger partial charge in [-0.25, -0.2) is 0 Å². The summed E-state index contributed by atoms with van der Waals surface area (Å²) in [6, 6.07) is 0. The van der Waals surface area contributed by atoms with E-state index in [1.54, 1.807) is 5.57 Å². The summed E-state index contributed by atoms with van der Waals surface area (Å²) in [5, 5.41) is 0. The highest BCUT2D eigenvalue weighted by Crippen LogP contribution is 2.37. The number of nitrogens with zero attached hydrogens (tertiary/aromatic N) is 1. The van der Waals surface area contributed by atoms with Gasteiger partial charge < -0.3 is 4.90 Å². The van der Waals surface area contributed by atoms with E-state index in [1.165, 1.54) is 31.4 Å². The fourth-order valence-electron chi connectivity index (χ4n) is 2.89. The Bertz CT molecular complexity index is 398. The fourth-order valence-corrected chi connectivity index (χ4v) is 2.89. The van der Waals surface area contributed by atoms with Gasteiger partial charge in [0.1, 0.15) is 0 Å². The average Bonchev–Trinajstić information content (AvgIpc) is 3.20. The van der Waals surface area contributed by atoms with Gasteiger partial charge in [-0.05, 0) is 56.6 Å². The van der Waals surface area contributed by atoms with Crippen LogP contribution in [0.2, 0.25) is 0 Å². The van der Waals surface area contributed by atoms with Gasteiger partial charge in [0, 0.05) is 12.2 Å². The third kappa shape index (κ3) is 3.86. The topological polar surface area (TPSA) is 3.24 Å². The number of rotatable bonds is 6. The van der Waals surface area contributed by atoms with Crippen LogP contribution in [0.25, 0.3) is 0 Å². The van der Waals surface area contributed by atoms with Gasteiger partial charge in [-0.1, -0.05) is 43.9 Å². The first kappa shape index (κ1) is 14.2. The van der Waals surface area contributed by atoms with Crippen LogP contribution in [0.15, 0.2) is 48.9 Å². The monoisotopic (exact) mass is 257 g/mol. The minimum atomic E-state index is 0.675. The van der Waals surface area contributed by atoms with Crippen LogP contribution >= 0.6 is 0 Å². The number of allylic oxidation sites excluding steroid dienone is 4. The lowest BCUT2D eigenvalue weighted by atomic mass is 9.82. The Kier molecular flexibility index (Phi) is 4.68. The van der Waals surface area contributed by atoms with Crippen LogP contribution in [0.3, 0.4) is 0 Å². The van der Waals surface area contributed by atoms with Crippen molar-refractivity contribution in [2.45, 2.75) is 39.5 Å². The normalized spacial score (nSPS) is 27.2. The molecule has 19 heavy (non-hydrogen) atoms. The van der Waals surface area contributed by atoms with Crippen molar-refractivity contribution in [3.8, 4) is 0 Å². The maximum absolute atomic E-state index is 4.19. The zero-order valence-electron chi connectivity index (χ0n) is 12.4. The van der Waals surface area contributed by atoms with Crippen LogP contribution < -0.4 is 0 Å². The molecule has 1 nitrogen and oxygen atoms in total. The van der Waals surface area contributed by atoms with E-state index in [0.717, 1.165) is 6.54 Å². The lowest BCUT2D eigenvalue weighted by Gasteiger charge is -2.25. The van der Waals surface area contributed by atoms with Crippen LogP contribution in [0, 0.1) is 17.8 Å². The van der Waals surface area contributed by atoms with E-state index >= 15 is 0 Å². The summed E-state index contributed by atoms with van der Waals surface area (Å²) in [5.74, 6) is 2.09. The quantitative estimate of drug-likeness (QED) is 0.611. The zero-order chi connectivity index (χ0) is 13.8. The molecule has 0 aromatic carbocycles. The van der Waals surface area contributed by atoms with Crippen LogP contribution in [0.5, 0.6) is 0 Å². The highest BCUT2D eigenvalue weighted by molar-refractivity contribution is 5.13. The molecule has 1 heteroatoms. The second-order valence-corrected chi connectivity index (χ2v) is 6.10. The van der Waals surface area contributed by atoms with Crippen molar-refractivity contribution in [1.82, 2.24) is 4.90 Å². The zero-order valence-corrected chi connectivity index (χ0v) is 12.4. The Balaban J connectivity index is 1.85. The van der Waals surface area contributed by atoms with Gasteiger partial charge >= 0.3 is 0 Å². The standard InChI is InChI=1S/C18H27N/c1-5-19(16(4)18-10-11-18)12-6-7-17-9-8-14(2)13-15(17)3/h5-7,13,15,17-18H,1,4,8-12H2,2-3H3/b7-6-. The predicted octanol–water partition coefficient (Wildman–Crippen LogP) is 4.90. The summed E-state index contributed by atoms with van der Waals surface area (Å²) in [7, 11) is 0. The van der Waals surface area contributed by atoms with Crippen molar-refractivity contribution in [3.63, 3.8) is 0 Å². The maximum atomic E-state index is 4.19. The van der Waals surface area contributed by atoms with Gasteiger partial charge in [-0.2, -0.15) is 0 Å². The number of hydrogen-bond acceptors (Lipinski definition) is 1. The molecule has 2 atom stereocenters. The van der Waals surface area contributed by atoms with E-state index in [0.29, 0.717) is 17.8 Å². The van der Waals surface area contributed by atoms with Gasteiger partial charge in [0.25, 0.3) is 0 Å². The van der Waals surface area contributed by atoms with Gasteiger partial charge in [0.15, 0.2) is 0 Å². The van der Waals surface area contributed by atoms with E-state index in [2.05, 4.69) is 50.1 Å². The van der Waals surface area contributed by atoms with Crippen molar-refractivity contribution in [1.29, 1.82) is 0 Å². The molecule has 0 N–H and O–H groups in total. The molecule has 2 rings (SSSR count). The van der Waals surface area contributed by atoms with Crippen LogP contribution in [-0.4, -0.2) is 11.4 Å². The summed E-state index contributed by atoms with van der Waals surface area (Å²) >= 11 is 0. The first-order valence-electron chi connectivity index (χ1n) is 7.53. The Morgan fingerprint density at radius 2 is 2.16 bits per heavy atom. The number of hydrogen-bond donors (Lipinski definition) is 0. The molecule has 0 amide bonds. The van der Waals surface area contributed by atoms with Gasteiger partial charge in [0.05, 0.1) is 0 Å². The molecule has 0 bridgehead atoms. The van der Waals surface area contributed by atoms with Crippen molar-refractivity contribution in [3.05, 3.63) is 48.9 Å². The van der Waals surface area contributed by atoms with E-state index < -0.39 is 0 Å². The summed E-state index contributed by atoms with van der Waals surface area (Å²) < 4.78 is 0.